The van der Waals surface area contributed by atoms with Crippen LogP contribution in [0.5, 0.6) is 11.5 Å². The summed E-state index contributed by atoms with van der Waals surface area (Å²) in [5, 5.41) is 18.1. The molecular formula is C19H22N2O4. The zero-order valence-electron chi connectivity index (χ0n) is 14.3. The van der Waals surface area contributed by atoms with Crippen LogP contribution < -0.4 is 14.8 Å². The van der Waals surface area contributed by atoms with Gasteiger partial charge in [0.2, 0.25) is 5.58 Å². The van der Waals surface area contributed by atoms with Crippen molar-refractivity contribution in [1.82, 2.24) is 10.5 Å². The molecule has 3 aromatic rings. The number of para-hydroxylation sites is 2. The van der Waals surface area contributed by atoms with Crippen molar-refractivity contribution >= 4 is 11.0 Å². The van der Waals surface area contributed by atoms with E-state index in [1.54, 1.807) is 6.07 Å². The van der Waals surface area contributed by atoms with Crippen LogP contribution in [0.4, 0.5) is 0 Å². The molecule has 1 aromatic heterocycles. The Morgan fingerprint density at radius 2 is 1.96 bits per heavy atom. The maximum atomic E-state index is 10.1. The van der Waals surface area contributed by atoms with Crippen LogP contribution in [0.15, 0.2) is 53.1 Å². The summed E-state index contributed by atoms with van der Waals surface area (Å²) in [7, 11) is 0. The fraction of sp³-hybridized carbons (Fsp3) is 0.316. The Morgan fingerprint density at radius 1 is 1.16 bits per heavy atom. The molecule has 2 unspecified atom stereocenters. The number of ether oxygens (including phenoxy) is 2. The first-order chi connectivity index (χ1) is 12.1. The summed E-state index contributed by atoms with van der Waals surface area (Å²) in [5.74, 6) is 1.35. The molecule has 1 heterocycles. The van der Waals surface area contributed by atoms with E-state index in [1.165, 1.54) is 0 Å². The van der Waals surface area contributed by atoms with Gasteiger partial charge in [0.05, 0.1) is 5.69 Å². The van der Waals surface area contributed by atoms with Gasteiger partial charge in [-0.2, -0.15) is 0 Å². The highest BCUT2D eigenvalue weighted by molar-refractivity contribution is 5.84. The van der Waals surface area contributed by atoms with E-state index in [1.807, 2.05) is 56.3 Å². The summed E-state index contributed by atoms with van der Waals surface area (Å²) in [5.41, 5.74) is 1.41. The number of hydrogen-bond acceptors (Lipinski definition) is 6. The number of benzene rings is 2. The highest BCUT2D eigenvalue weighted by atomic mass is 16.5. The number of aromatic nitrogens is 1. The lowest BCUT2D eigenvalue weighted by molar-refractivity contribution is 0.0868. The van der Waals surface area contributed by atoms with Crippen LogP contribution in [0.25, 0.3) is 11.0 Å². The minimum Gasteiger partial charge on any atom is -0.487 e. The molecule has 0 aliphatic heterocycles. The first-order valence-electron chi connectivity index (χ1n) is 8.24. The molecule has 2 aromatic carbocycles. The molecule has 0 spiro atoms. The Kier molecular flexibility index (Phi) is 5.53. The number of aryl methyl sites for hydroxylation is 1. The van der Waals surface area contributed by atoms with Crippen LogP contribution >= 0.6 is 0 Å². The number of hydrogen-bond donors (Lipinski definition) is 2. The summed E-state index contributed by atoms with van der Waals surface area (Å²) in [6, 6.07) is 15.1. The monoisotopic (exact) mass is 342 g/mol. The zero-order chi connectivity index (χ0) is 17.6. The maximum Gasteiger partial charge on any atom is 0.208 e. The molecular weight excluding hydrogens is 320 g/mol. The Labute approximate surface area is 146 Å². The molecule has 0 radical (unpaired) electrons. The van der Waals surface area contributed by atoms with Gasteiger partial charge in [0.1, 0.15) is 24.7 Å². The highest BCUT2D eigenvalue weighted by Crippen LogP contribution is 2.27. The molecule has 0 saturated carbocycles. The Hall–Kier alpha value is -2.57. The van der Waals surface area contributed by atoms with E-state index in [0.29, 0.717) is 17.9 Å². The molecule has 6 nitrogen and oxygen atoms in total. The van der Waals surface area contributed by atoms with E-state index in [4.69, 9.17) is 14.0 Å². The van der Waals surface area contributed by atoms with Crippen LogP contribution in [0.1, 0.15) is 12.6 Å². The number of fused-ring (bicyclic) bond motifs is 1. The molecule has 0 fully saturated rings. The predicted molar refractivity (Wildman–Crippen MR) is 94.8 cm³/mol. The summed E-state index contributed by atoms with van der Waals surface area (Å²) in [6.07, 6.45) is -0.904. The maximum absolute atomic E-state index is 10.1. The average molecular weight is 342 g/mol. The van der Waals surface area contributed by atoms with Gasteiger partial charge in [-0.25, -0.2) is 0 Å². The lowest BCUT2D eigenvalue weighted by Gasteiger charge is -2.19. The standard InChI is InChI=1S/C19H22N2O4/c1-13-17-9-6-10-18(19(17)25-21-13)23-12-15(22)11-20-14(2)24-16-7-4-3-5-8-16/h3-10,14-15,20,22H,11-12H2,1-2H3. The summed E-state index contributed by atoms with van der Waals surface area (Å²) >= 11 is 0. The first kappa shape index (κ1) is 17.3. The summed E-state index contributed by atoms with van der Waals surface area (Å²) in [6.45, 7) is 4.25. The topological polar surface area (TPSA) is 76.8 Å². The van der Waals surface area contributed by atoms with Crippen molar-refractivity contribution < 1.29 is 19.1 Å². The van der Waals surface area contributed by atoms with Gasteiger partial charge < -0.3 is 19.1 Å². The second-order valence-electron chi connectivity index (χ2n) is 5.85. The van der Waals surface area contributed by atoms with Gasteiger partial charge >= 0.3 is 0 Å². The number of rotatable bonds is 8. The third kappa shape index (κ3) is 4.49. The molecule has 0 aliphatic rings. The smallest absolute Gasteiger partial charge is 0.208 e. The third-order valence-corrected chi connectivity index (χ3v) is 3.77. The molecule has 25 heavy (non-hydrogen) atoms. The molecule has 2 N–H and O–H groups in total. The van der Waals surface area contributed by atoms with E-state index in [0.717, 1.165) is 16.8 Å². The number of nitrogens with one attached hydrogen (secondary N) is 1. The van der Waals surface area contributed by atoms with Crippen molar-refractivity contribution in [1.29, 1.82) is 0 Å². The van der Waals surface area contributed by atoms with Crippen molar-refractivity contribution in [2.45, 2.75) is 26.2 Å². The Balaban J connectivity index is 1.47. The zero-order valence-corrected chi connectivity index (χ0v) is 14.3. The second kappa shape index (κ2) is 8.00. The van der Waals surface area contributed by atoms with Crippen LogP contribution in [0.3, 0.4) is 0 Å². The molecule has 6 heteroatoms. The highest BCUT2D eigenvalue weighted by Gasteiger charge is 2.13. The molecule has 0 aliphatic carbocycles. The molecule has 3 rings (SSSR count). The number of aliphatic hydroxyl groups excluding tert-OH is 1. The van der Waals surface area contributed by atoms with Crippen molar-refractivity contribution in [3.8, 4) is 11.5 Å². The van der Waals surface area contributed by atoms with Gasteiger partial charge in [0, 0.05) is 11.9 Å². The quantitative estimate of drug-likeness (QED) is 0.613. The number of nitrogens with zero attached hydrogens (tertiary/aromatic N) is 1. The normalized spacial score (nSPS) is 13.6. The minimum absolute atomic E-state index is 0.143. The first-order valence-corrected chi connectivity index (χ1v) is 8.24. The van der Waals surface area contributed by atoms with Crippen molar-refractivity contribution in [2.75, 3.05) is 13.2 Å². The van der Waals surface area contributed by atoms with E-state index in [-0.39, 0.29) is 12.8 Å². The largest absolute Gasteiger partial charge is 0.487 e. The van der Waals surface area contributed by atoms with E-state index < -0.39 is 6.10 Å². The Morgan fingerprint density at radius 3 is 2.76 bits per heavy atom. The van der Waals surface area contributed by atoms with E-state index in [9.17, 15) is 5.11 Å². The van der Waals surface area contributed by atoms with Crippen LogP contribution in [0.2, 0.25) is 0 Å². The van der Waals surface area contributed by atoms with Crippen LogP contribution in [-0.4, -0.2) is 35.7 Å². The predicted octanol–water partition coefficient (Wildman–Crippen LogP) is 2.89. The summed E-state index contributed by atoms with van der Waals surface area (Å²) < 4.78 is 16.7. The SMILES string of the molecule is Cc1noc2c(OCC(O)CNC(C)Oc3ccccc3)cccc12. The van der Waals surface area contributed by atoms with E-state index in [2.05, 4.69) is 10.5 Å². The van der Waals surface area contributed by atoms with Crippen molar-refractivity contribution in [3.63, 3.8) is 0 Å². The van der Waals surface area contributed by atoms with Gasteiger partial charge in [0.25, 0.3) is 0 Å². The van der Waals surface area contributed by atoms with Gasteiger partial charge in [-0.05, 0) is 38.1 Å². The molecule has 0 saturated heterocycles. The van der Waals surface area contributed by atoms with Crippen molar-refractivity contribution in [2.24, 2.45) is 0 Å². The Bertz CT molecular complexity index is 804. The molecule has 2 atom stereocenters. The fourth-order valence-corrected chi connectivity index (χ4v) is 2.46. The van der Waals surface area contributed by atoms with Crippen LogP contribution in [-0.2, 0) is 0 Å². The van der Waals surface area contributed by atoms with Gasteiger partial charge in [-0.15, -0.1) is 0 Å². The van der Waals surface area contributed by atoms with Crippen LogP contribution in [0, 0.1) is 6.92 Å². The minimum atomic E-state index is -0.680. The van der Waals surface area contributed by atoms with Gasteiger partial charge in [0.15, 0.2) is 5.75 Å². The lowest BCUT2D eigenvalue weighted by Crippen LogP contribution is -2.39. The van der Waals surface area contributed by atoms with Gasteiger partial charge in [-0.1, -0.05) is 29.4 Å². The molecule has 0 amide bonds. The average Bonchev–Trinajstić information content (AvgIpc) is 3.01. The van der Waals surface area contributed by atoms with E-state index >= 15 is 0 Å². The van der Waals surface area contributed by atoms with Gasteiger partial charge in [-0.3, -0.25) is 5.32 Å². The molecule has 132 valence electrons. The fourth-order valence-electron chi connectivity index (χ4n) is 2.46. The summed E-state index contributed by atoms with van der Waals surface area (Å²) in [4.78, 5) is 0. The van der Waals surface area contributed by atoms with Crippen molar-refractivity contribution in [3.05, 3.63) is 54.2 Å². The number of aliphatic hydroxyl groups is 1. The molecule has 0 bridgehead atoms. The third-order valence-electron chi connectivity index (χ3n) is 3.77. The lowest BCUT2D eigenvalue weighted by atomic mass is 10.2. The second-order valence-corrected chi connectivity index (χ2v) is 5.85.